The molecule has 0 aromatic carbocycles. The smallest absolute Gasteiger partial charge is 0.274 e. The van der Waals surface area contributed by atoms with Gasteiger partial charge in [-0.05, 0) is 38.3 Å². The Bertz CT molecular complexity index is 766. The highest BCUT2D eigenvalue weighted by Gasteiger charge is 2.19. The molecular weight excluding hydrogens is 290 g/mol. The molecule has 0 atom stereocenters. The molecule has 3 aromatic rings. The molecule has 4 nitrogen and oxygen atoms in total. The third kappa shape index (κ3) is 2.25. The average Bonchev–Trinajstić information content (AvgIpc) is 3.02. The summed E-state index contributed by atoms with van der Waals surface area (Å²) < 4.78 is 3.21. The van der Waals surface area contributed by atoms with E-state index in [-0.39, 0.29) is 11.9 Å². The Hall–Kier alpha value is -1.66. The number of nitrogens with one attached hydrogen (secondary N) is 1. The van der Waals surface area contributed by atoms with Crippen LogP contribution in [0.5, 0.6) is 0 Å². The van der Waals surface area contributed by atoms with E-state index in [2.05, 4.69) is 40.2 Å². The van der Waals surface area contributed by atoms with Gasteiger partial charge in [0.05, 0.1) is 15.9 Å². The minimum absolute atomic E-state index is 0.101. The summed E-state index contributed by atoms with van der Waals surface area (Å²) in [6, 6.07) is 4.25. The lowest BCUT2D eigenvalue weighted by Gasteiger charge is -2.13. The molecule has 3 rings (SSSR count). The van der Waals surface area contributed by atoms with Gasteiger partial charge in [0.15, 0.2) is 5.13 Å². The first kappa shape index (κ1) is 13.3. The summed E-state index contributed by atoms with van der Waals surface area (Å²) >= 11 is 3.10. The van der Waals surface area contributed by atoms with Gasteiger partial charge in [-0.2, -0.15) is 0 Å². The number of amides is 1. The van der Waals surface area contributed by atoms with E-state index in [1.807, 2.05) is 18.4 Å². The number of fused-ring (bicyclic) bond motifs is 1. The number of carbonyl (C=O) groups excluding carboxylic acids is 1. The third-order valence-corrected chi connectivity index (χ3v) is 4.78. The molecule has 104 valence electrons. The summed E-state index contributed by atoms with van der Waals surface area (Å²) in [7, 11) is 0. The van der Waals surface area contributed by atoms with Gasteiger partial charge in [-0.3, -0.25) is 10.1 Å². The van der Waals surface area contributed by atoms with Gasteiger partial charge >= 0.3 is 0 Å². The van der Waals surface area contributed by atoms with Crippen molar-refractivity contribution in [1.82, 2.24) is 9.55 Å². The fourth-order valence-corrected chi connectivity index (χ4v) is 3.74. The van der Waals surface area contributed by atoms with Gasteiger partial charge in [0.2, 0.25) is 0 Å². The Kier molecular flexibility index (Phi) is 3.35. The molecule has 0 fully saturated rings. The first-order valence-electron chi connectivity index (χ1n) is 6.38. The van der Waals surface area contributed by atoms with E-state index in [4.69, 9.17) is 0 Å². The SMILES string of the molecule is Cc1csc(NC(=O)c2cc3sccc3n2C(C)C)n1. The summed E-state index contributed by atoms with van der Waals surface area (Å²) in [6.07, 6.45) is 0. The summed E-state index contributed by atoms with van der Waals surface area (Å²) in [4.78, 5) is 16.7. The topological polar surface area (TPSA) is 46.9 Å². The Morgan fingerprint density at radius 1 is 1.40 bits per heavy atom. The van der Waals surface area contributed by atoms with E-state index in [9.17, 15) is 4.79 Å². The number of thiazole rings is 1. The van der Waals surface area contributed by atoms with E-state index in [1.165, 1.54) is 11.3 Å². The molecule has 3 heterocycles. The van der Waals surface area contributed by atoms with Crippen molar-refractivity contribution >= 4 is 43.9 Å². The van der Waals surface area contributed by atoms with E-state index < -0.39 is 0 Å². The fraction of sp³-hybridized carbons (Fsp3) is 0.286. The van der Waals surface area contributed by atoms with Crippen LogP contribution in [0.3, 0.4) is 0 Å². The van der Waals surface area contributed by atoms with Crippen LogP contribution in [0, 0.1) is 6.92 Å². The number of hydrogen-bond donors (Lipinski definition) is 1. The molecule has 0 bridgehead atoms. The molecule has 1 N–H and O–H groups in total. The maximum absolute atomic E-state index is 12.5. The highest BCUT2D eigenvalue weighted by Crippen LogP contribution is 2.29. The number of thiophene rings is 1. The fourth-order valence-electron chi connectivity index (χ4n) is 2.25. The molecule has 3 aromatic heterocycles. The lowest BCUT2D eigenvalue weighted by atomic mass is 10.3. The van der Waals surface area contributed by atoms with Crippen LogP contribution in [0.4, 0.5) is 5.13 Å². The van der Waals surface area contributed by atoms with Crippen molar-refractivity contribution in [3.05, 3.63) is 34.3 Å². The number of rotatable bonds is 3. The lowest BCUT2D eigenvalue weighted by Crippen LogP contribution is -2.18. The van der Waals surface area contributed by atoms with Gasteiger partial charge in [0, 0.05) is 11.4 Å². The van der Waals surface area contributed by atoms with Crippen molar-refractivity contribution < 1.29 is 4.79 Å². The number of hydrogen-bond acceptors (Lipinski definition) is 4. The first-order chi connectivity index (χ1) is 9.56. The maximum Gasteiger partial charge on any atom is 0.274 e. The van der Waals surface area contributed by atoms with Crippen LogP contribution in [-0.4, -0.2) is 15.5 Å². The van der Waals surface area contributed by atoms with Crippen LogP contribution < -0.4 is 5.32 Å². The van der Waals surface area contributed by atoms with Crippen molar-refractivity contribution in [2.75, 3.05) is 5.32 Å². The normalized spacial score (nSPS) is 11.4. The summed E-state index contributed by atoms with van der Waals surface area (Å²) in [6.45, 7) is 6.09. The van der Waals surface area contributed by atoms with Crippen molar-refractivity contribution in [3.63, 3.8) is 0 Å². The van der Waals surface area contributed by atoms with Crippen LogP contribution >= 0.6 is 22.7 Å². The van der Waals surface area contributed by atoms with Crippen LogP contribution in [-0.2, 0) is 0 Å². The van der Waals surface area contributed by atoms with Crippen molar-refractivity contribution in [2.24, 2.45) is 0 Å². The summed E-state index contributed by atoms with van der Waals surface area (Å²) in [5, 5.41) is 7.50. The Morgan fingerprint density at radius 2 is 2.20 bits per heavy atom. The minimum Gasteiger partial charge on any atom is -0.333 e. The molecular formula is C14H15N3OS2. The standard InChI is InChI=1S/C14H15N3OS2/c1-8(2)17-10-4-5-19-12(10)6-11(17)13(18)16-14-15-9(3)7-20-14/h4-8H,1-3H3,(H,15,16,18). The summed E-state index contributed by atoms with van der Waals surface area (Å²) in [5.41, 5.74) is 2.73. The van der Waals surface area contributed by atoms with Crippen LogP contribution in [0.1, 0.15) is 36.1 Å². The number of carbonyl (C=O) groups is 1. The van der Waals surface area contributed by atoms with Gasteiger partial charge in [-0.15, -0.1) is 22.7 Å². The number of anilines is 1. The lowest BCUT2D eigenvalue weighted by molar-refractivity contribution is 0.101. The van der Waals surface area contributed by atoms with Gasteiger partial charge in [-0.1, -0.05) is 0 Å². The average molecular weight is 305 g/mol. The second-order valence-corrected chi connectivity index (χ2v) is 6.72. The van der Waals surface area contributed by atoms with E-state index in [1.54, 1.807) is 11.3 Å². The molecule has 6 heteroatoms. The summed E-state index contributed by atoms with van der Waals surface area (Å²) in [5.74, 6) is -0.101. The second-order valence-electron chi connectivity index (χ2n) is 4.91. The maximum atomic E-state index is 12.5. The zero-order valence-corrected chi connectivity index (χ0v) is 13.1. The Morgan fingerprint density at radius 3 is 2.85 bits per heavy atom. The minimum atomic E-state index is -0.101. The predicted octanol–water partition coefficient (Wildman–Crippen LogP) is 4.30. The third-order valence-electron chi connectivity index (χ3n) is 3.05. The second kappa shape index (κ2) is 5.03. The van der Waals surface area contributed by atoms with Crippen LogP contribution in [0.25, 0.3) is 10.2 Å². The Labute approximate surface area is 125 Å². The van der Waals surface area contributed by atoms with Gasteiger partial charge in [0.1, 0.15) is 5.69 Å². The molecule has 1 amide bonds. The molecule has 20 heavy (non-hydrogen) atoms. The number of aromatic nitrogens is 2. The molecule has 0 aliphatic heterocycles. The highest BCUT2D eigenvalue weighted by molar-refractivity contribution is 7.17. The zero-order valence-electron chi connectivity index (χ0n) is 11.5. The van der Waals surface area contributed by atoms with Crippen LogP contribution in [0.2, 0.25) is 0 Å². The van der Waals surface area contributed by atoms with E-state index in [0.717, 1.165) is 15.9 Å². The molecule has 0 aliphatic carbocycles. The van der Waals surface area contributed by atoms with Crippen molar-refractivity contribution in [3.8, 4) is 0 Å². The van der Waals surface area contributed by atoms with E-state index >= 15 is 0 Å². The quantitative estimate of drug-likeness (QED) is 0.784. The molecule has 0 unspecified atom stereocenters. The molecule has 0 spiro atoms. The predicted molar refractivity (Wildman–Crippen MR) is 85.0 cm³/mol. The first-order valence-corrected chi connectivity index (χ1v) is 8.14. The monoisotopic (exact) mass is 305 g/mol. The molecule has 0 saturated heterocycles. The molecule has 0 aliphatic rings. The van der Waals surface area contributed by atoms with E-state index in [0.29, 0.717) is 10.8 Å². The van der Waals surface area contributed by atoms with Crippen molar-refractivity contribution in [1.29, 1.82) is 0 Å². The Balaban J connectivity index is 1.98. The number of aryl methyl sites for hydroxylation is 1. The molecule has 0 radical (unpaired) electrons. The number of nitrogens with zero attached hydrogens (tertiary/aromatic N) is 2. The van der Waals surface area contributed by atoms with Gasteiger partial charge < -0.3 is 4.57 Å². The van der Waals surface area contributed by atoms with Gasteiger partial charge in [-0.25, -0.2) is 4.98 Å². The highest BCUT2D eigenvalue weighted by atomic mass is 32.1. The van der Waals surface area contributed by atoms with Crippen LogP contribution in [0.15, 0.2) is 22.9 Å². The largest absolute Gasteiger partial charge is 0.333 e. The zero-order chi connectivity index (χ0) is 14.3. The van der Waals surface area contributed by atoms with Gasteiger partial charge in [0.25, 0.3) is 5.91 Å². The molecule has 0 saturated carbocycles. The van der Waals surface area contributed by atoms with Crippen molar-refractivity contribution in [2.45, 2.75) is 26.8 Å².